The van der Waals surface area contributed by atoms with Crippen LogP contribution in [0.5, 0.6) is 5.75 Å². The minimum atomic E-state index is -0.899. The van der Waals surface area contributed by atoms with E-state index >= 15 is 0 Å². The van der Waals surface area contributed by atoms with Gasteiger partial charge < -0.3 is 72.2 Å². The van der Waals surface area contributed by atoms with E-state index in [9.17, 15) is 19.2 Å². The summed E-state index contributed by atoms with van der Waals surface area (Å²) in [6.07, 6.45) is -0.469. The Labute approximate surface area is 349 Å². The van der Waals surface area contributed by atoms with Gasteiger partial charge in [-0.15, -0.1) is 0 Å². The number of ketones is 1. The molecule has 334 valence electrons. The van der Waals surface area contributed by atoms with Gasteiger partial charge in [0, 0.05) is 25.1 Å². The van der Waals surface area contributed by atoms with Crippen LogP contribution in [0, 0.1) is 0 Å². The van der Waals surface area contributed by atoms with E-state index in [1.807, 2.05) is 0 Å². The Hall–Kier alpha value is -2.86. The number of hydrogen-bond donors (Lipinski definition) is 2. The van der Waals surface area contributed by atoms with Gasteiger partial charge in [-0.05, 0) is 31.2 Å². The molecule has 1 aromatic carbocycles. The molecule has 0 aromatic heterocycles. The molecule has 2 N–H and O–H groups in total. The number of alkyl halides is 1. The second kappa shape index (κ2) is 40.9. The van der Waals surface area contributed by atoms with Crippen molar-refractivity contribution in [2.45, 2.75) is 13.3 Å². The molecule has 0 spiro atoms. The van der Waals surface area contributed by atoms with Gasteiger partial charge in [0.2, 0.25) is 5.91 Å². The average Bonchev–Trinajstić information content (AvgIpc) is 3.22. The monoisotopic (exact) mass is 898 g/mol. The van der Waals surface area contributed by atoms with Crippen LogP contribution < -0.4 is 15.4 Å². The van der Waals surface area contributed by atoms with Gasteiger partial charge in [0.1, 0.15) is 18.1 Å². The summed E-state index contributed by atoms with van der Waals surface area (Å²) >= 11 is 3.04. The van der Waals surface area contributed by atoms with Crippen LogP contribution in [-0.2, 0) is 66.4 Å². The van der Waals surface area contributed by atoms with Gasteiger partial charge in [0.05, 0.1) is 151 Å². The van der Waals surface area contributed by atoms with Crippen LogP contribution in [0.3, 0.4) is 0 Å². The van der Waals surface area contributed by atoms with Crippen LogP contribution in [-0.4, -0.2) is 194 Å². The van der Waals surface area contributed by atoms with Gasteiger partial charge in [-0.25, -0.2) is 4.79 Å². The van der Waals surface area contributed by atoms with Crippen LogP contribution in [0.1, 0.15) is 23.7 Å². The van der Waals surface area contributed by atoms with Crippen molar-refractivity contribution < 1.29 is 80.8 Å². The predicted molar refractivity (Wildman–Crippen MR) is 212 cm³/mol. The number of rotatable bonds is 42. The van der Waals surface area contributed by atoms with Gasteiger partial charge in [0.15, 0.2) is 0 Å². The summed E-state index contributed by atoms with van der Waals surface area (Å²) in [4.78, 5) is 46.0. The molecule has 0 radical (unpaired) electrons. The molecule has 0 saturated heterocycles. The summed E-state index contributed by atoms with van der Waals surface area (Å²) in [7, 11) is 0. The Morgan fingerprint density at radius 3 is 1.19 bits per heavy atom. The highest BCUT2D eigenvalue weighted by Gasteiger charge is 2.09. The SMILES string of the molecule is CC(=O)CCOCCOCCOCCOCCOCCOCCOCCOCCOCCOCCNC(=O)c1ccc(OC(=O)OCCOCCNC(=O)CBr)cc1. The Bertz CT molecular complexity index is 1150. The molecule has 0 saturated carbocycles. The summed E-state index contributed by atoms with van der Waals surface area (Å²) < 4.78 is 69.6. The third-order valence-electron chi connectivity index (χ3n) is 6.93. The average molecular weight is 900 g/mol. The highest BCUT2D eigenvalue weighted by atomic mass is 79.9. The van der Waals surface area contributed by atoms with Crippen LogP contribution in [0.2, 0.25) is 0 Å². The zero-order valence-electron chi connectivity index (χ0n) is 33.7. The lowest BCUT2D eigenvalue weighted by molar-refractivity contribution is -0.119. The minimum Gasteiger partial charge on any atom is -0.432 e. The number of amides is 2. The lowest BCUT2D eigenvalue weighted by Gasteiger charge is -2.09. The lowest BCUT2D eigenvalue weighted by atomic mass is 10.2. The lowest BCUT2D eigenvalue weighted by Crippen LogP contribution is -2.28. The van der Waals surface area contributed by atoms with Crippen molar-refractivity contribution in [3.8, 4) is 5.75 Å². The molecule has 0 aliphatic carbocycles. The number of halogens is 1. The molecule has 58 heavy (non-hydrogen) atoms. The fraction of sp³-hybridized carbons (Fsp3) is 0.737. The van der Waals surface area contributed by atoms with Gasteiger partial charge >= 0.3 is 6.16 Å². The van der Waals surface area contributed by atoms with Crippen molar-refractivity contribution in [1.82, 2.24) is 10.6 Å². The second-order valence-corrected chi connectivity index (χ2v) is 12.2. The Kier molecular flexibility index (Phi) is 37.5. The summed E-state index contributed by atoms with van der Waals surface area (Å²) in [5, 5.41) is 5.60. The summed E-state index contributed by atoms with van der Waals surface area (Å²) in [6.45, 7) is 11.6. The number of nitrogens with one attached hydrogen (secondary N) is 2. The molecule has 0 aliphatic heterocycles. The molecule has 0 bridgehead atoms. The fourth-order valence-electron chi connectivity index (χ4n) is 4.03. The normalized spacial score (nSPS) is 11.1. The van der Waals surface area contributed by atoms with Crippen molar-refractivity contribution >= 4 is 39.7 Å². The quantitative estimate of drug-likeness (QED) is 0.0413. The maximum absolute atomic E-state index is 12.3. The van der Waals surface area contributed by atoms with Crippen molar-refractivity contribution in [3.05, 3.63) is 29.8 Å². The molecule has 2 amide bonds. The number of benzene rings is 1. The minimum absolute atomic E-state index is 0.0113. The van der Waals surface area contributed by atoms with E-state index in [1.165, 1.54) is 24.3 Å². The number of carbonyl (C=O) groups is 4. The van der Waals surface area contributed by atoms with E-state index in [4.69, 9.17) is 61.6 Å². The van der Waals surface area contributed by atoms with E-state index in [2.05, 4.69) is 26.6 Å². The largest absolute Gasteiger partial charge is 0.513 e. The number of Topliss-reactive ketones (excluding diaryl/α,β-unsaturated/α-hetero) is 1. The Morgan fingerprint density at radius 2 is 0.810 bits per heavy atom. The molecule has 20 heteroatoms. The molecule has 0 unspecified atom stereocenters. The third-order valence-corrected chi connectivity index (χ3v) is 7.44. The fourth-order valence-corrected chi connectivity index (χ4v) is 4.23. The molecule has 0 heterocycles. The summed E-state index contributed by atoms with van der Waals surface area (Å²) in [5.41, 5.74) is 0.392. The number of ether oxygens (including phenoxy) is 13. The van der Waals surface area contributed by atoms with Crippen LogP contribution in [0.4, 0.5) is 4.79 Å². The molecule has 1 aromatic rings. The van der Waals surface area contributed by atoms with E-state index < -0.39 is 6.16 Å². The van der Waals surface area contributed by atoms with E-state index in [0.29, 0.717) is 157 Å². The topological polar surface area (TPSA) is 212 Å². The molecular weight excluding hydrogens is 836 g/mol. The first-order valence-electron chi connectivity index (χ1n) is 19.3. The zero-order valence-corrected chi connectivity index (χ0v) is 35.3. The van der Waals surface area contributed by atoms with E-state index in [0.717, 1.165) is 0 Å². The predicted octanol–water partition coefficient (Wildman–Crippen LogP) is 1.60. The first kappa shape index (κ1) is 53.2. The maximum Gasteiger partial charge on any atom is 0.513 e. The number of carbonyl (C=O) groups excluding carboxylic acids is 4. The Morgan fingerprint density at radius 1 is 0.466 bits per heavy atom. The van der Waals surface area contributed by atoms with Gasteiger partial charge in [-0.1, -0.05) is 15.9 Å². The molecule has 0 aliphatic rings. The van der Waals surface area contributed by atoms with Gasteiger partial charge in [-0.2, -0.15) is 0 Å². The van der Waals surface area contributed by atoms with Crippen LogP contribution in [0.15, 0.2) is 24.3 Å². The molecule has 1 rings (SSSR count). The van der Waals surface area contributed by atoms with Crippen molar-refractivity contribution in [3.63, 3.8) is 0 Å². The Balaban J connectivity index is 1.78. The highest BCUT2D eigenvalue weighted by Crippen LogP contribution is 2.13. The van der Waals surface area contributed by atoms with E-state index in [-0.39, 0.29) is 48.5 Å². The van der Waals surface area contributed by atoms with Crippen LogP contribution >= 0.6 is 15.9 Å². The number of hydrogen-bond acceptors (Lipinski definition) is 17. The molecule has 0 atom stereocenters. The standard InChI is InChI=1S/C38H63BrN2O17/c1-33(42)6-9-46-12-14-49-16-18-51-20-22-53-24-26-55-28-29-56-27-25-54-23-21-52-19-17-50-15-13-47-11-8-41-37(44)34-2-4-35(5-3-34)58-38(45)57-31-30-48-10-7-40-36(43)32-39/h2-5H,6-32H2,1H3,(H,40,43)(H,41,44). The molecule has 19 nitrogen and oxygen atoms in total. The third kappa shape index (κ3) is 36.2. The zero-order chi connectivity index (χ0) is 42.0. The van der Waals surface area contributed by atoms with E-state index in [1.54, 1.807) is 6.92 Å². The summed E-state index contributed by atoms with van der Waals surface area (Å²) in [5.74, 6) is -0.0989. The van der Waals surface area contributed by atoms with Gasteiger partial charge in [0.25, 0.3) is 5.91 Å². The molecular formula is C38H63BrN2O17. The second-order valence-electron chi connectivity index (χ2n) is 11.7. The maximum atomic E-state index is 12.3. The first-order chi connectivity index (χ1) is 28.4. The highest BCUT2D eigenvalue weighted by molar-refractivity contribution is 9.09. The smallest absolute Gasteiger partial charge is 0.432 e. The van der Waals surface area contributed by atoms with Gasteiger partial charge in [-0.3, -0.25) is 14.4 Å². The first-order valence-corrected chi connectivity index (χ1v) is 20.4. The molecule has 0 fully saturated rings. The van der Waals surface area contributed by atoms with Crippen LogP contribution in [0.25, 0.3) is 0 Å². The van der Waals surface area contributed by atoms with Crippen molar-refractivity contribution in [2.24, 2.45) is 0 Å². The van der Waals surface area contributed by atoms with Crippen molar-refractivity contribution in [1.29, 1.82) is 0 Å². The summed E-state index contributed by atoms with van der Waals surface area (Å²) in [6, 6.07) is 6.03. The van der Waals surface area contributed by atoms with Crippen molar-refractivity contribution in [2.75, 3.05) is 170 Å².